The van der Waals surface area contributed by atoms with Gasteiger partial charge in [-0.15, -0.1) is 0 Å². The van der Waals surface area contributed by atoms with Crippen molar-refractivity contribution in [3.8, 4) is 11.5 Å². The van der Waals surface area contributed by atoms with Crippen molar-refractivity contribution in [2.45, 2.75) is 6.61 Å². The third-order valence-electron chi connectivity index (χ3n) is 1.27. The summed E-state index contributed by atoms with van der Waals surface area (Å²) in [7, 11) is -4.26. The average molecular weight is 239 g/mol. The fraction of sp³-hybridized carbons (Fsp3) is 0.143. The minimum absolute atomic E-state index is 0.389. The van der Waals surface area contributed by atoms with Gasteiger partial charge in [0.25, 0.3) is 0 Å². The maximum atomic E-state index is 11.9. The topological polar surface area (TPSA) is 78.6 Å². The third-order valence-corrected chi connectivity index (χ3v) is 1.68. The van der Waals surface area contributed by atoms with E-state index in [2.05, 4.69) is 14.1 Å². The number of benzene rings is 1. The summed E-state index contributed by atoms with van der Waals surface area (Å²) in [6, 6.07) is 5.04. The lowest BCUT2D eigenvalue weighted by molar-refractivity contribution is -0.0507. The zero-order chi connectivity index (χ0) is 11.5. The first-order chi connectivity index (χ1) is 6.88. The van der Waals surface area contributed by atoms with Crippen LogP contribution in [0.25, 0.3) is 0 Å². The van der Waals surface area contributed by atoms with E-state index in [0.717, 1.165) is 12.1 Å². The van der Waals surface area contributed by atoms with Gasteiger partial charge in [-0.3, -0.25) is 0 Å². The monoisotopic (exact) mass is 239 g/mol. The number of para-hydroxylation sites is 2. The average Bonchev–Trinajstić information content (AvgIpc) is 2.05. The van der Waals surface area contributed by atoms with E-state index >= 15 is 0 Å². The second-order valence-corrected chi connectivity index (χ2v) is 3.55. The molecule has 0 saturated carbocycles. The second kappa shape index (κ2) is 4.41. The summed E-state index contributed by atoms with van der Waals surface area (Å²) in [4.78, 5) is 0. The van der Waals surface area contributed by atoms with Gasteiger partial charge in [0.1, 0.15) is 0 Å². The fourth-order valence-electron chi connectivity index (χ4n) is 0.837. The highest BCUT2D eigenvalue weighted by Crippen LogP contribution is 2.28. The molecule has 0 heterocycles. The lowest BCUT2D eigenvalue weighted by Gasteiger charge is -2.09. The highest BCUT2D eigenvalue weighted by atomic mass is 32.2. The van der Waals surface area contributed by atoms with Gasteiger partial charge in [-0.2, -0.15) is 22.3 Å². The molecule has 0 aliphatic rings. The molecule has 1 rings (SSSR count). The Morgan fingerprint density at radius 1 is 1.20 bits per heavy atom. The smallest absolute Gasteiger partial charge is 0.387 e. The molecule has 0 aliphatic heterocycles. The Bertz CT molecular complexity index is 434. The van der Waals surface area contributed by atoms with E-state index in [1.807, 2.05) is 0 Å². The van der Waals surface area contributed by atoms with Crippen LogP contribution in [0.4, 0.5) is 8.78 Å². The van der Waals surface area contributed by atoms with Crippen LogP contribution in [-0.4, -0.2) is 15.0 Å². The van der Waals surface area contributed by atoms with Gasteiger partial charge in [0, 0.05) is 0 Å². The molecule has 15 heavy (non-hydrogen) atoms. The van der Waals surface area contributed by atoms with Crippen LogP contribution in [-0.2, 0) is 10.3 Å². The summed E-state index contributed by atoms with van der Waals surface area (Å²) in [5.74, 6) is -0.790. The van der Waals surface area contributed by atoms with E-state index < -0.39 is 22.7 Å². The van der Waals surface area contributed by atoms with Gasteiger partial charge in [-0.05, 0) is 12.1 Å². The van der Waals surface area contributed by atoms with Crippen LogP contribution in [0.2, 0.25) is 0 Å². The molecular formula is C7H7F2NO4S. The van der Waals surface area contributed by atoms with Crippen LogP contribution in [0.3, 0.4) is 0 Å². The molecule has 0 aromatic heterocycles. The summed E-state index contributed by atoms with van der Waals surface area (Å²) in [5.41, 5.74) is 0. The van der Waals surface area contributed by atoms with E-state index in [9.17, 15) is 17.2 Å². The molecule has 0 atom stereocenters. The van der Waals surface area contributed by atoms with Crippen molar-refractivity contribution in [2.75, 3.05) is 0 Å². The van der Waals surface area contributed by atoms with Crippen molar-refractivity contribution in [3.63, 3.8) is 0 Å². The quantitative estimate of drug-likeness (QED) is 0.845. The van der Waals surface area contributed by atoms with Crippen molar-refractivity contribution in [2.24, 2.45) is 5.14 Å². The van der Waals surface area contributed by atoms with Crippen molar-refractivity contribution >= 4 is 10.3 Å². The largest absolute Gasteiger partial charge is 0.431 e. The Kier molecular flexibility index (Phi) is 3.43. The first kappa shape index (κ1) is 11.7. The summed E-state index contributed by atoms with van der Waals surface area (Å²) in [6.07, 6.45) is 0. The van der Waals surface area contributed by atoms with E-state index in [1.165, 1.54) is 12.1 Å². The molecule has 0 unspecified atom stereocenters. The van der Waals surface area contributed by atoms with Gasteiger partial charge in [0.2, 0.25) is 0 Å². The summed E-state index contributed by atoms with van der Waals surface area (Å²) in [6.45, 7) is -3.07. The SMILES string of the molecule is NS(=O)(=O)Oc1ccccc1OC(F)F. The summed E-state index contributed by atoms with van der Waals surface area (Å²) in [5, 5.41) is 4.57. The Balaban J connectivity index is 2.96. The van der Waals surface area contributed by atoms with Gasteiger partial charge in [-0.25, -0.2) is 0 Å². The number of ether oxygens (including phenoxy) is 1. The van der Waals surface area contributed by atoms with E-state index in [1.54, 1.807) is 0 Å². The van der Waals surface area contributed by atoms with E-state index in [0.29, 0.717) is 0 Å². The van der Waals surface area contributed by atoms with E-state index in [4.69, 9.17) is 0 Å². The number of alkyl halides is 2. The molecule has 0 spiro atoms. The fourth-order valence-corrected chi connectivity index (χ4v) is 1.23. The Labute approximate surface area is 84.7 Å². The molecule has 84 valence electrons. The number of hydrogen-bond donors (Lipinski definition) is 1. The molecule has 0 aliphatic carbocycles. The molecule has 0 amide bonds. The van der Waals surface area contributed by atoms with Gasteiger partial charge in [-0.1, -0.05) is 12.1 Å². The van der Waals surface area contributed by atoms with Crippen LogP contribution in [0.5, 0.6) is 11.5 Å². The molecule has 0 saturated heterocycles. The number of rotatable bonds is 4. The zero-order valence-corrected chi connectivity index (χ0v) is 8.08. The van der Waals surface area contributed by atoms with Crippen molar-refractivity contribution in [1.29, 1.82) is 0 Å². The van der Waals surface area contributed by atoms with Crippen molar-refractivity contribution < 1.29 is 26.1 Å². The first-order valence-corrected chi connectivity index (χ1v) is 5.11. The zero-order valence-electron chi connectivity index (χ0n) is 7.26. The lowest BCUT2D eigenvalue weighted by atomic mass is 10.3. The molecule has 5 nitrogen and oxygen atoms in total. The van der Waals surface area contributed by atoms with Crippen LogP contribution in [0, 0.1) is 0 Å². The Morgan fingerprint density at radius 3 is 2.20 bits per heavy atom. The lowest BCUT2D eigenvalue weighted by Crippen LogP contribution is -2.19. The van der Waals surface area contributed by atoms with Gasteiger partial charge < -0.3 is 8.92 Å². The third kappa shape index (κ3) is 4.09. The van der Waals surface area contributed by atoms with Crippen LogP contribution >= 0.6 is 0 Å². The van der Waals surface area contributed by atoms with Crippen LogP contribution in [0.15, 0.2) is 24.3 Å². The van der Waals surface area contributed by atoms with Crippen molar-refractivity contribution in [3.05, 3.63) is 24.3 Å². The summed E-state index contributed by atoms with van der Waals surface area (Å²) < 4.78 is 53.1. The predicted octanol–water partition coefficient (Wildman–Crippen LogP) is 0.870. The maximum Gasteiger partial charge on any atom is 0.387 e. The molecule has 0 bridgehead atoms. The number of hydrogen-bond acceptors (Lipinski definition) is 4. The first-order valence-electron chi connectivity index (χ1n) is 3.64. The van der Waals surface area contributed by atoms with Crippen LogP contribution in [0.1, 0.15) is 0 Å². The maximum absolute atomic E-state index is 11.9. The number of nitrogens with two attached hydrogens (primary N) is 1. The standard InChI is InChI=1S/C7H7F2NO4S/c8-7(9)13-5-3-1-2-4-6(5)14-15(10,11)12/h1-4,7H,(H2,10,11,12). The second-order valence-electron chi connectivity index (χ2n) is 2.40. The Morgan fingerprint density at radius 2 is 1.73 bits per heavy atom. The van der Waals surface area contributed by atoms with E-state index in [-0.39, 0.29) is 5.75 Å². The minimum atomic E-state index is -4.26. The predicted molar refractivity (Wildman–Crippen MR) is 46.8 cm³/mol. The molecule has 0 radical (unpaired) electrons. The van der Waals surface area contributed by atoms with Gasteiger partial charge in [0.05, 0.1) is 0 Å². The highest BCUT2D eigenvalue weighted by Gasteiger charge is 2.13. The highest BCUT2D eigenvalue weighted by molar-refractivity contribution is 7.84. The molecule has 1 aromatic carbocycles. The molecule has 0 fully saturated rings. The van der Waals surface area contributed by atoms with Crippen LogP contribution < -0.4 is 14.1 Å². The summed E-state index contributed by atoms with van der Waals surface area (Å²) >= 11 is 0. The molecular weight excluding hydrogens is 232 g/mol. The normalized spacial score (nSPS) is 11.5. The molecule has 8 heteroatoms. The minimum Gasteiger partial charge on any atom is -0.431 e. The van der Waals surface area contributed by atoms with Gasteiger partial charge in [0.15, 0.2) is 11.5 Å². The Hall–Kier alpha value is -1.41. The molecule has 2 N–H and O–H groups in total. The van der Waals surface area contributed by atoms with Gasteiger partial charge >= 0.3 is 16.9 Å². The number of halogens is 2. The molecule has 1 aromatic rings. The van der Waals surface area contributed by atoms with Crippen molar-refractivity contribution in [1.82, 2.24) is 0 Å².